The van der Waals surface area contributed by atoms with Gasteiger partial charge in [-0.15, -0.1) is 0 Å². The van der Waals surface area contributed by atoms with E-state index in [1.807, 2.05) is 12.1 Å². The predicted octanol–water partition coefficient (Wildman–Crippen LogP) is 3.13. The molecule has 1 heterocycles. The highest BCUT2D eigenvalue weighted by Crippen LogP contribution is 2.23. The van der Waals surface area contributed by atoms with E-state index in [0.717, 1.165) is 19.5 Å². The van der Waals surface area contributed by atoms with E-state index in [1.54, 1.807) is 0 Å². The number of hydrogen-bond donors (Lipinski definition) is 1. The van der Waals surface area contributed by atoms with Gasteiger partial charge in [0.25, 0.3) is 0 Å². The van der Waals surface area contributed by atoms with E-state index in [9.17, 15) is 4.79 Å². The van der Waals surface area contributed by atoms with E-state index < -0.39 is 0 Å². The zero-order chi connectivity index (χ0) is 13.7. The van der Waals surface area contributed by atoms with E-state index in [-0.39, 0.29) is 0 Å². The van der Waals surface area contributed by atoms with Crippen LogP contribution in [0.25, 0.3) is 0 Å². The summed E-state index contributed by atoms with van der Waals surface area (Å²) in [7, 11) is 0. The highest BCUT2D eigenvalue weighted by molar-refractivity contribution is 5.81. The molecule has 1 aromatic rings. The van der Waals surface area contributed by atoms with E-state index in [4.69, 9.17) is 0 Å². The lowest BCUT2D eigenvalue weighted by atomic mass is 9.83. The molecule has 0 spiro atoms. The summed E-state index contributed by atoms with van der Waals surface area (Å²) in [5.74, 6) is 1.56. The minimum absolute atomic E-state index is 0.382. The second-order valence-electron chi connectivity index (χ2n) is 5.93. The van der Waals surface area contributed by atoms with Crippen molar-refractivity contribution in [1.82, 2.24) is 5.32 Å². The van der Waals surface area contributed by atoms with Crippen LogP contribution in [0.4, 0.5) is 0 Å². The Kier molecular flexibility index (Phi) is 5.15. The standard InChI is InChI=1S/C17H25NO/c1-13-6-3-4-7-15(13)11-17(19)10-14(2)16-8-5-9-18-12-16/h3-4,6-7,14,16,18H,5,8-12H2,1-2H3. The Balaban J connectivity index is 1.85. The monoisotopic (exact) mass is 259 g/mol. The summed E-state index contributed by atoms with van der Waals surface area (Å²) in [6.45, 7) is 6.53. The van der Waals surface area contributed by atoms with Crippen molar-refractivity contribution < 1.29 is 4.79 Å². The Morgan fingerprint density at radius 1 is 1.42 bits per heavy atom. The fourth-order valence-corrected chi connectivity index (χ4v) is 2.98. The van der Waals surface area contributed by atoms with E-state index >= 15 is 0 Å². The zero-order valence-corrected chi connectivity index (χ0v) is 12.1. The Labute approximate surface area is 116 Å². The molecule has 1 aromatic carbocycles. The number of nitrogens with one attached hydrogen (secondary N) is 1. The zero-order valence-electron chi connectivity index (χ0n) is 12.1. The molecule has 1 aliphatic rings. The number of carbonyl (C=O) groups is 1. The van der Waals surface area contributed by atoms with Gasteiger partial charge in [0.15, 0.2) is 0 Å². The van der Waals surface area contributed by atoms with Crippen molar-refractivity contribution in [3.63, 3.8) is 0 Å². The van der Waals surface area contributed by atoms with Crippen molar-refractivity contribution in [3.8, 4) is 0 Å². The summed E-state index contributed by atoms with van der Waals surface area (Å²) in [6, 6.07) is 8.20. The summed E-state index contributed by atoms with van der Waals surface area (Å²) in [4.78, 5) is 12.2. The number of piperidine rings is 1. The van der Waals surface area contributed by atoms with Crippen LogP contribution in [-0.2, 0) is 11.2 Å². The summed E-state index contributed by atoms with van der Waals surface area (Å²) < 4.78 is 0. The van der Waals surface area contributed by atoms with Crippen LogP contribution in [0.3, 0.4) is 0 Å². The molecule has 0 radical (unpaired) electrons. The number of ketones is 1. The molecule has 19 heavy (non-hydrogen) atoms. The molecule has 0 saturated carbocycles. The van der Waals surface area contributed by atoms with Gasteiger partial charge in [-0.3, -0.25) is 4.79 Å². The number of hydrogen-bond acceptors (Lipinski definition) is 2. The van der Waals surface area contributed by atoms with Crippen molar-refractivity contribution >= 4 is 5.78 Å². The lowest BCUT2D eigenvalue weighted by Crippen LogP contribution is -2.34. The third kappa shape index (κ3) is 4.17. The van der Waals surface area contributed by atoms with Gasteiger partial charge in [0.05, 0.1) is 0 Å². The molecule has 2 nitrogen and oxygen atoms in total. The fraction of sp³-hybridized carbons (Fsp3) is 0.588. The van der Waals surface area contributed by atoms with Gasteiger partial charge in [0, 0.05) is 12.8 Å². The molecule has 2 heteroatoms. The van der Waals surface area contributed by atoms with Gasteiger partial charge in [-0.05, 0) is 55.8 Å². The number of carbonyl (C=O) groups excluding carboxylic acids is 1. The predicted molar refractivity (Wildman–Crippen MR) is 79.3 cm³/mol. The summed E-state index contributed by atoms with van der Waals surface area (Å²) >= 11 is 0. The lowest BCUT2D eigenvalue weighted by molar-refractivity contribution is -0.119. The van der Waals surface area contributed by atoms with Gasteiger partial charge in [-0.1, -0.05) is 31.2 Å². The molecular formula is C17H25NO. The smallest absolute Gasteiger partial charge is 0.137 e. The average molecular weight is 259 g/mol. The maximum absolute atomic E-state index is 12.2. The average Bonchev–Trinajstić information content (AvgIpc) is 2.42. The molecule has 104 valence electrons. The number of benzene rings is 1. The van der Waals surface area contributed by atoms with Crippen LogP contribution >= 0.6 is 0 Å². The molecule has 0 bridgehead atoms. The summed E-state index contributed by atoms with van der Waals surface area (Å²) in [5.41, 5.74) is 2.41. The Morgan fingerprint density at radius 2 is 2.21 bits per heavy atom. The molecule has 0 amide bonds. The van der Waals surface area contributed by atoms with Crippen molar-refractivity contribution in [2.45, 2.75) is 39.5 Å². The van der Waals surface area contributed by atoms with Crippen LogP contribution in [0.2, 0.25) is 0 Å². The normalized spacial score (nSPS) is 21.1. The highest BCUT2D eigenvalue weighted by atomic mass is 16.1. The quantitative estimate of drug-likeness (QED) is 0.880. The molecule has 1 fully saturated rings. The minimum Gasteiger partial charge on any atom is -0.316 e. The van der Waals surface area contributed by atoms with Crippen LogP contribution in [0.15, 0.2) is 24.3 Å². The molecule has 2 atom stereocenters. The molecule has 1 N–H and O–H groups in total. The number of aryl methyl sites for hydroxylation is 1. The van der Waals surface area contributed by atoms with E-state index in [0.29, 0.717) is 24.0 Å². The van der Waals surface area contributed by atoms with Crippen molar-refractivity contribution in [1.29, 1.82) is 0 Å². The maximum Gasteiger partial charge on any atom is 0.137 e. The van der Waals surface area contributed by atoms with Gasteiger partial charge in [0.2, 0.25) is 0 Å². The maximum atomic E-state index is 12.2. The molecular weight excluding hydrogens is 234 g/mol. The lowest BCUT2D eigenvalue weighted by Gasteiger charge is -2.28. The van der Waals surface area contributed by atoms with E-state index in [2.05, 4.69) is 31.3 Å². The van der Waals surface area contributed by atoms with Crippen molar-refractivity contribution in [2.24, 2.45) is 11.8 Å². The second kappa shape index (κ2) is 6.85. The van der Waals surface area contributed by atoms with Crippen LogP contribution in [0, 0.1) is 18.8 Å². The van der Waals surface area contributed by atoms with Gasteiger partial charge in [0.1, 0.15) is 5.78 Å². The Morgan fingerprint density at radius 3 is 2.89 bits per heavy atom. The first kappa shape index (κ1) is 14.3. The molecule has 1 saturated heterocycles. The van der Waals surface area contributed by atoms with Crippen molar-refractivity contribution in [2.75, 3.05) is 13.1 Å². The molecule has 1 aliphatic heterocycles. The Bertz CT molecular complexity index is 421. The molecule has 2 unspecified atom stereocenters. The van der Waals surface area contributed by atoms with Gasteiger partial charge in [-0.25, -0.2) is 0 Å². The van der Waals surface area contributed by atoms with Crippen LogP contribution < -0.4 is 5.32 Å². The third-order valence-corrected chi connectivity index (χ3v) is 4.34. The topological polar surface area (TPSA) is 29.1 Å². The summed E-state index contributed by atoms with van der Waals surface area (Å²) in [6.07, 6.45) is 3.84. The minimum atomic E-state index is 0.382. The first-order valence-corrected chi connectivity index (χ1v) is 7.43. The third-order valence-electron chi connectivity index (χ3n) is 4.34. The van der Waals surface area contributed by atoms with Crippen LogP contribution in [0.1, 0.15) is 37.3 Å². The van der Waals surface area contributed by atoms with Gasteiger partial charge in [-0.2, -0.15) is 0 Å². The van der Waals surface area contributed by atoms with E-state index in [1.165, 1.54) is 24.0 Å². The number of rotatable bonds is 5. The largest absolute Gasteiger partial charge is 0.316 e. The first-order chi connectivity index (χ1) is 9.16. The Hall–Kier alpha value is -1.15. The van der Waals surface area contributed by atoms with Crippen LogP contribution in [0.5, 0.6) is 0 Å². The second-order valence-corrected chi connectivity index (χ2v) is 5.93. The van der Waals surface area contributed by atoms with Gasteiger partial charge >= 0.3 is 0 Å². The SMILES string of the molecule is Cc1ccccc1CC(=O)CC(C)C1CCCNC1. The first-order valence-electron chi connectivity index (χ1n) is 7.43. The highest BCUT2D eigenvalue weighted by Gasteiger charge is 2.22. The molecule has 2 rings (SSSR count). The van der Waals surface area contributed by atoms with Crippen molar-refractivity contribution in [3.05, 3.63) is 35.4 Å². The molecule has 0 aromatic heterocycles. The van der Waals surface area contributed by atoms with Gasteiger partial charge < -0.3 is 5.32 Å². The fourth-order valence-electron chi connectivity index (χ4n) is 2.98. The summed E-state index contributed by atoms with van der Waals surface area (Å²) in [5, 5.41) is 3.44. The van der Waals surface area contributed by atoms with Crippen LogP contribution in [-0.4, -0.2) is 18.9 Å². The molecule has 0 aliphatic carbocycles. The number of Topliss-reactive ketones (excluding diaryl/α,β-unsaturated/α-hetero) is 1.